The number of amides is 1. The van der Waals surface area contributed by atoms with E-state index in [0.29, 0.717) is 21.2 Å². The van der Waals surface area contributed by atoms with Gasteiger partial charge in [0.25, 0.3) is 5.56 Å². The molecule has 0 bridgehead atoms. The fourth-order valence-corrected chi connectivity index (χ4v) is 6.58. The van der Waals surface area contributed by atoms with E-state index in [4.69, 9.17) is 14.2 Å². The van der Waals surface area contributed by atoms with Crippen LogP contribution in [-0.4, -0.2) is 67.9 Å². The Bertz CT molecular complexity index is 2250. The number of benzene rings is 3. The Labute approximate surface area is 280 Å². The molecular weight excluding hydrogens is 696 g/mol. The number of H-pyrrole nitrogens is 1. The van der Waals surface area contributed by atoms with Gasteiger partial charge in [0.1, 0.15) is 11.5 Å². The lowest BCUT2D eigenvalue weighted by atomic mass is 10.1. The van der Waals surface area contributed by atoms with Gasteiger partial charge in [0.05, 0.1) is 41.3 Å². The number of aromatic amines is 1. The number of rotatable bonds is 11. The summed E-state index contributed by atoms with van der Waals surface area (Å²) in [7, 11) is -1.64. The largest absolute Gasteiger partial charge is 0.496 e. The molecule has 0 aliphatic rings. The first-order valence-electron chi connectivity index (χ1n) is 14.7. The van der Waals surface area contributed by atoms with Crippen LogP contribution in [0.5, 0.6) is 17.2 Å². The van der Waals surface area contributed by atoms with E-state index < -0.39 is 69.7 Å². The summed E-state index contributed by atoms with van der Waals surface area (Å²) in [6.45, 7) is -2.03. The topological polar surface area (TPSA) is 120 Å². The molecule has 3 aromatic carbocycles. The van der Waals surface area contributed by atoms with E-state index in [9.17, 15) is 44.3 Å². The van der Waals surface area contributed by atoms with Gasteiger partial charge in [0.15, 0.2) is 19.0 Å². The second kappa shape index (κ2) is 13.6. The van der Waals surface area contributed by atoms with Gasteiger partial charge in [0.2, 0.25) is 15.9 Å². The zero-order chi connectivity index (χ0) is 36.6. The van der Waals surface area contributed by atoms with Crippen LogP contribution >= 0.6 is 0 Å². The normalized spacial score (nSPS) is 12.3. The Morgan fingerprint density at radius 3 is 2.22 bits per heavy atom. The number of para-hydroxylation sites is 1. The first-order valence-corrected chi connectivity index (χ1v) is 16.3. The fourth-order valence-electron chi connectivity index (χ4n) is 5.41. The fraction of sp³-hybridized carbons (Fsp3) is 0.273. The number of aryl methyl sites for hydroxylation is 1. The third kappa shape index (κ3) is 7.66. The van der Waals surface area contributed by atoms with E-state index in [0.717, 1.165) is 17.8 Å². The molecule has 0 fully saturated rings. The highest BCUT2D eigenvalue weighted by molar-refractivity contribution is 7.88. The number of sulfonamides is 1. The molecule has 0 atom stereocenters. The number of hydrogen-bond donors (Lipinski definition) is 1. The van der Waals surface area contributed by atoms with Gasteiger partial charge in [-0.25, -0.2) is 12.7 Å². The molecule has 5 aromatic rings. The highest BCUT2D eigenvalue weighted by atomic mass is 32.2. The van der Waals surface area contributed by atoms with Gasteiger partial charge in [-0.1, -0.05) is 30.3 Å². The number of ether oxygens (including phenoxy) is 3. The molecular formula is C33H29F6N3O7S. The maximum atomic E-state index is 13.9. The summed E-state index contributed by atoms with van der Waals surface area (Å²) in [6, 6.07) is 13.5. The molecule has 5 rings (SSSR count). The number of hydrogen-bond acceptors (Lipinski definition) is 7. The van der Waals surface area contributed by atoms with Gasteiger partial charge in [-0.3, -0.25) is 14.2 Å². The smallest absolute Gasteiger partial charge is 0.422 e. The summed E-state index contributed by atoms with van der Waals surface area (Å²) in [4.78, 5) is 29.4. The first kappa shape index (κ1) is 36.1. The van der Waals surface area contributed by atoms with Gasteiger partial charge in [-0.05, 0) is 42.3 Å². The highest BCUT2D eigenvalue weighted by Crippen LogP contribution is 2.42. The third-order valence-electron chi connectivity index (χ3n) is 7.69. The Morgan fingerprint density at radius 1 is 0.920 bits per heavy atom. The van der Waals surface area contributed by atoms with Crippen LogP contribution in [-0.2, 0) is 27.0 Å². The molecule has 17 heteroatoms. The van der Waals surface area contributed by atoms with Crippen molar-refractivity contribution >= 4 is 37.6 Å². The molecule has 2 heterocycles. The monoisotopic (exact) mass is 725 g/mol. The molecule has 0 saturated carbocycles. The van der Waals surface area contributed by atoms with Crippen LogP contribution in [0.2, 0.25) is 0 Å². The third-order valence-corrected chi connectivity index (χ3v) is 9.43. The van der Waals surface area contributed by atoms with Crippen molar-refractivity contribution in [2.45, 2.75) is 31.5 Å². The molecule has 0 aliphatic heterocycles. The van der Waals surface area contributed by atoms with Crippen molar-refractivity contribution in [3.8, 4) is 22.9 Å². The maximum absolute atomic E-state index is 13.9. The predicted octanol–water partition coefficient (Wildman–Crippen LogP) is 6.20. The minimum Gasteiger partial charge on any atom is -0.496 e. The molecule has 0 radical (unpaired) electrons. The van der Waals surface area contributed by atoms with Gasteiger partial charge in [0, 0.05) is 30.4 Å². The Kier molecular flexibility index (Phi) is 9.83. The van der Waals surface area contributed by atoms with Gasteiger partial charge >= 0.3 is 12.4 Å². The highest BCUT2D eigenvalue weighted by Gasteiger charge is 2.33. The lowest BCUT2D eigenvalue weighted by Gasteiger charge is -2.19. The number of likely N-dealkylation sites (N-methyl/N-ethyl adjacent to an activating group) is 1. The number of carbonyl (C=O) groups is 1. The van der Waals surface area contributed by atoms with E-state index in [1.54, 1.807) is 24.3 Å². The molecule has 2 aromatic heterocycles. The Hall–Kier alpha value is -5.19. The van der Waals surface area contributed by atoms with Crippen molar-refractivity contribution in [3.63, 3.8) is 0 Å². The summed E-state index contributed by atoms with van der Waals surface area (Å²) < 4.78 is 123. The van der Waals surface area contributed by atoms with Crippen molar-refractivity contribution in [3.05, 3.63) is 94.0 Å². The minimum absolute atomic E-state index is 0.127. The average Bonchev–Trinajstić information content (AvgIpc) is 3.37. The Balaban J connectivity index is 1.53. The summed E-state index contributed by atoms with van der Waals surface area (Å²) >= 11 is 0. The molecule has 266 valence electrons. The number of nitrogens with zero attached hydrogens (tertiary/aromatic N) is 2. The van der Waals surface area contributed by atoms with E-state index >= 15 is 0 Å². The lowest BCUT2D eigenvalue weighted by Crippen LogP contribution is -2.35. The van der Waals surface area contributed by atoms with E-state index in [-0.39, 0.29) is 34.0 Å². The van der Waals surface area contributed by atoms with E-state index in [2.05, 4.69) is 4.98 Å². The standard InChI is InChI=1S/C33H29F6N3O7S/c1-19-13-20(16-50(45,46)41(2)26(43)14-21-7-4-5-9-25(21)47-3)10-11-24(19)42-15-23-27(31(42)44)29(48-17-32(34,35)36)22-8-6-12-40-28(22)30(23)49-18-33(37,38)39/h4-13,15,40H,14,16-18H2,1-3H3. The van der Waals surface area contributed by atoms with Gasteiger partial charge in [-0.15, -0.1) is 0 Å². The number of halogens is 6. The van der Waals surface area contributed by atoms with Crippen LogP contribution in [0.3, 0.4) is 0 Å². The summed E-state index contributed by atoms with van der Waals surface area (Å²) in [6.07, 6.45) is -7.41. The lowest BCUT2D eigenvalue weighted by molar-refractivity contribution is -0.154. The second-order valence-corrected chi connectivity index (χ2v) is 13.2. The number of methoxy groups -OCH3 is 1. The van der Waals surface area contributed by atoms with Gasteiger partial charge in [-0.2, -0.15) is 26.3 Å². The maximum Gasteiger partial charge on any atom is 0.422 e. The Morgan fingerprint density at radius 2 is 1.58 bits per heavy atom. The average molecular weight is 726 g/mol. The van der Waals surface area contributed by atoms with Crippen molar-refractivity contribution < 1.29 is 53.8 Å². The van der Waals surface area contributed by atoms with Gasteiger partial charge < -0.3 is 19.2 Å². The zero-order valence-corrected chi connectivity index (χ0v) is 27.4. The van der Waals surface area contributed by atoms with Crippen LogP contribution in [0.25, 0.3) is 27.4 Å². The van der Waals surface area contributed by atoms with Crippen LogP contribution in [0.15, 0.2) is 71.8 Å². The summed E-state index contributed by atoms with van der Waals surface area (Å²) in [5, 5.41) is -0.842. The number of aromatic nitrogens is 2. The molecule has 1 amide bonds. The number of nitrogens with one attached hydrogen (secondary N) is 1. The molecule has 0 unspecified atom stereocenters. The molecule has 0 saturated heterocycles. The number of alkyl halides is 6. The number of pyridine rings is 1. The van der Waals surface area contributed by atoms with Crippen molar-refractivity contribution in [1.29, 1.82) is 0 Å². The van der Waals surface area contributed by atoms with Crippen LogP contribution in [0, 0.1) is 6.92 Å². The SMILES string of the molecule is COc1ccccc1CC(=O)N(C)S(=O)(=O)Cc1ccc(-n2cc3c(OCC(F)(F)F)c4[nH]cccc4c(OCC(F)(F)F)c3c2=O)c(C)c1. The van der Waals surface area contributed by atoms with E-state index in [1.807, 2.05) is 0 Å². The van der Waals surface area contributed by atoms with Crippen LogP contribution < -0.4 is 19.8 Å². The minimum atomic E-state index is -4.81. The molecule has 50 heavy (non-hydrogen) atoms. The first-order chi connectivity index (χ1) is 23.4. The second-order valence-electron chi connectivity index (χ2n) is 11.2. The van der Waals surface area contributed by atoms with Crippen molar-refractivity contribution in [2.24, 2.45) is 0 Å². The molecule has 0 spiro atoms. The van der Waals surface area contributed by atoms with Crippen LogP contribution in [0.1, 0.15) is 16.7 Å². The molecule has 1 N–H and O–H groups in total. The number of carbonyl (C=O) groups excluding carboxylic acids is 1. The van der Waals surface area contributed by atoms with E-state index in [1.165, 1.54) is 50.6 Å². The quantitative estimate of drug-likeness (QED) is 0.161. The van der Waals surface area contributed by atoms with Crippen molar-refractivity contribution in [2.75, 3.05) is 27.4 Å². The predicted molar refractivity (Wildman–Crippen MR) is 171 cm³/mol. The summed E-state index contributed by atoms with van der Waals surface area (Å²) in [5.74, 6) is -1.86. The molecule has 10 nitrogen and oxygen atoms in total. The van der Waals surface area contributed by atoms with Crippen molar-refractivity contribution in [1.82, 2.24) is 13.9 Å². The van der Waals surface area contributed by atoms with Crippen LogP contribution in [0.4, 0.5) is 26.3 Å². The zero-order valence-electron chi connectivity index (χ0n) is 26.6. The summed E-state index contributed by atoms with van der Waals surface area (Å²) in [5.41, 5.74) is 0.120. The number of fused-ring (bicyclic) bond motifs is 2. The molecule has 0 aliphatic carbocycles.